The summed E-state index contributed by atoms with van der Waals surface area (Å²) >= 11 is 13.0. The van der Waals surface area contributed by atoms with Crippen molar-refractivity contribution in [2.24, 2.45) is 0 Å². The molecular formula is C14H16Cl2N4O3S2. The van der Waals surface area contributed by atoms with Crippen LogP contribution in [0.1, 0.15) is 11.3 Å². The lowest BCUT2D eigenvalue weighted by Gasteiger charge is -2.06. The summed E-state index contributed by atoms with van der Waals surface area (Å²) in [5.41, 5.74) is 1.51. The number of nitrogens with zero attached hydrogens (tertiary/aromatic N) is 1. The van der Waals surface area contributed by atoms with Gasteiger partial charge >= 0.3 is 6.03 Å². The number of thiazole rings is 1. The Morgan fingerprint density at radius 2 is 2.04 bits per heavy atom. The van der Waals surface area contributed by atoms with E-state index in [0.717, 1.165) is 11.8 Å². The number of halogens is 2. The second kappa shape index (κ2) is 8.81. The number of rotatable bonds is 7. The van der Waals surface area contributed by atoms with Crippen LogP contribution in [0.4, 0.5) is 9.93 Å². The zero-order valence-corrected chi connectivity index (χ0v) is 16.3. The van der Waals surface area contributed by atoms with Crippen LogP contribution < -0.4 is 15.4 Å². The van der Waals surface area contributed by atoms with Gasteiger partial charge in [-0.15, -0.1) is 11.3 Å². The largest absolute Gasteiger partial charge is 0.334 e. The number of urea groups is 1. The van der Waals surface area contributed by atoms with Crippen LogP contribution in [0.15, 0.2) is 23.6 Å². The van der Waals surface area contributed by atoms with E-state index in [2.05, 4.69) is 20.3 Å². The number of hydrogen-bond acceptors (Lipinski definition) is 5. The zero-order chi connectivity index (χ0) is 18.4. The predicted octanol–water partition coefficient (Wildman–Crippen LogP) is 2.86. The molecule has 0 fully saturated rings. The van der Waals surface area contributed by atoms with Gasteiger partial charge in [0.2, 0.25) is 10.0 Å². The van der Waals surface area contributed by atoms with E-state index >= 15 is 0 Å². The number of sulfonamides is 1. The van der Waals surface area contributed by atoms with Gasteiger partial charge in [-0.3, -0.25) is 5.32 Å². The second-order valence-electron chi connectivity index (χ2n) is 5.12. The summed E-state index contributed by atoms with van der Waals surface area (Å²) in [6.07, 6.45) is 1.54. The first kappa shape index (κ1) is 19.9. The molecule has 1 aromatic carbocycles. The molecule has 2 amide bonds. The highest BCUT2D eigenvalue weighted by Gasteiger charge is 2.08. The molecule has 2 rings (SSSR count). The fourth-order valence-electron chi connectivity index (χ4n) is 1.82. The number of nitrogens with one attached hydrogen (secondary N) is 3. The molecule has 11 heteroatoms. The van der Waals surface area contributed by atoms with Gasteiger partial charge in [-0.25, -0.2) is 22.9 Å². The van der Waals surface area contributed by atoms with Crippen molar-refractivity contribution in [1.29, 1.82) is 0 Å². The number of anilines is 1. The first-order valence-electron chi connectivity index (χ1n) is 7.11. The van der Waals surface area contributed by atoms with E-state index in [4.69, 9.17) is 23.2 Å². The van der Waals surface area contributed by atoms with E-state index in [1.807, 2.05) is 0 Å². The van der Waals surface area contributed by atoms with Gasteiger partial charge in [0.25, 0.3) is 0 Å². The summed E-state index contributed by atoms with van der Waals surface area (Å²) in [7, 11) is -3.22. The topological polar surface area (TPSA) is 100 Å². The molecule has 136 valence electrons. The quantitative estimate of drug-likeness (QED) is 0.638. The van der Waals surface area contributed by atoms with Crippen molar-refractivity contribution in [2.75, 3.05) is 18.1 Å². The fraction of sp³-hybridized carbons (Fsp3) is 0.286. The Morgan fingerprint density at radius 1 is 1.28 bits per heavy atom. The molecule has 1 aromatic heterocycles. The maximum atomic E-state index is 11.9. The summed E-state index contributed by atoms with van der Waals surface area (Å²) in [6.45, 7) is 0.546. The summed E-state index contributed by atoms with van der Waals surface area (Å²) in [5, 5.41) is 8.39. The molecular weight excluding hydrogens is 407 g/mol. The van der Waals surface area contributed by atoms with Gasteiger partial charge in [-0.2, -0.15) is 0 Å². The van der Waals surface area contributed by atoms with E-state index in [-0.39, 0.29) is 6.54 Å². The number of carbonyl (C=O) groups is 1. The van der Waals surface area contributed by atoms with Crippen LogP contribution >= 0.6 is 34.5 Å². The summed E-state index contributed by atoms with van der Waals surface area (Å²) in [6, 6.07) is 4.71. The molecule has 0 aliphatic heterocycles. The Labute approximate surface area is 159 Å². The molecule has 0 bridgehead atoms. The van der Waals surface area contributed by atoms with Crippen LogP contribution in [0.3, 0.4) is 0 Å². The smallest absolute Gasteiger partial charge is 0.321 e. The van der Waals surface area contributed by atoms with Crippen molar-refractivity contribution >= 4 is 55.7 Å². The maximum absolute atomic E-state index is 11.9. The third-order valence-corrected chi connectivity index (χ3v) is 5.23. The average Bonchev–Trinajstić information content (AvgIpc) is 2.94. The van der Waals surface area contributed by atoms with Gasteiger partial charge in [-0.1, -0.05) is 29.3 Å². The Morgan fingerprint density at radius 3 is 2.72 bits per heavy atom. The lowest BCUT2D eigenvalue weighted by Crippen LogP contribution is -2.28. The first-order valence-corrected chi connectivity index (χ1v) is 10.6. The van der Waals surface area contributed by atoms with Crippen molar-refractivity contribution in [2.45, 2.75) is 13.0 Å². The third kappa shape index (κ3) is 7.17. The van der Waals surface area contributed by atoms with E-state index in [9.17, 15) is 13.2 Å². The number of carbonyl (C=O) groups excluding carboxylic acids is 1. The average molecular weight is 423 g/mol. The number of aromatic nitrogens is 1. The first-order chi connectivity index (χ1) is 11.7. The Balaban J connectivity index is 1.79. The van der Waals surface area contributed by atoms with Crippen LogP contribution in [-0.4, -0.2) is 32.2 Å². The van der Waals surface area contributed by atoms with Crippen LogP contribution in [0.5, 0.6) is 0 Å². The molecule has 0 unspecified atom stereocenters. The highest BCUT2D eigenvalue weighted by molar-refractivity contribution is 7.88. The van der Waals surface area contributed by atoms with Crippen LogP contribution in [0, 0.1) is 0 Å². The molecule has 1 heterocycles. The molecule has 7 nitrogen and oxygen atoms in total. The molecule has 0 spiro atoms. The van der Waals surface area contributed by atoms with Crippen molar-refractivity contribution in [3.05, 3.63) is 44.9 Å². The second-order valence-corrected chi connectivity index (χ2v) is 8.62. The van der Waals surface area contributed by atoms with Crippen LogP contribution in [0.25, 0.3) is 0 Å². The van der Waals surface area contributed by atoms with Crippen molar-refractivity contribution < 1.29 is 13.2 Å². The number of amides is 2. The molecule has 0 aliphatic carbocycles. The SMILES string of the molecule is CS(=O)(=O)NCCc1csc(NC(=O)NCc2ccc(Cl)c(Cl)c2)n1. The normalized spacial score (nSPS) is 11.3. The summed E-state index contributed by atoms with van der Waals surface area (Å²) in [4.78, 5) is 16.1. The number of benzene rings is 1. The minimum atomic E-state index is -3.22. The highest BCUT2D eigenvalue weighted by atomic mass is 35.5. The molecule has 0 atom stereocenters. The fourth-order valence-corrected chi connectivity index (χ4v) is 3.35. The predicted molar refractivity (Wildman–Crippen MR) is 101 cm³/mol. The molecule has 0 aliphatic rings. The zero-order valence-electron chi connectivity index (χ0n) is 13.2. The van der Waals surface area contributed by atoms with Crippen LogP contribution in [0.2, 0.25) is 10.0 Å². The molecule has 2 aromatic rings. The van der Waals surface area contributed by atoms with Gasteiger partial charge in [0.05, 0.1) is 22.0 Å². The highest BCUT2D eigenvalue weighted by Crippen LogP contribution is 2.22. The van der Waals surface area contributed by atoms with E-state index in [0.29, 0.717) is 33.8 Å². The minimum Gasteiger partial charge on any atom is -0.334 e. The molecule has 0 saturated carbocycles. The Kier molecular flexibility index (Phi) is 7.03. The van der Waals surface area contributed by atoms with Gasteiger partial charge < -0.3 is 5.32 Å². The summed E-state index contributed by atoms with van der Waals surface area (Å²) in [5.74, 6) is 0. The van der Waals surface area contributed by atoms with Gasteiger partial charge in [0.1, 0.15) is 0 Å². The minimum absolute atomic E-state index is 0.255. The van der Waals surface area contributed by atoms with Crippen molar-refractivity contribution in [3.8, 4) is 0 Å². The van der Waals surface area contributed by atoms with Gasteiger partial charge in [0, 0.05) is 24.9 Å². The van der Waals surface area contributed by atoms with Gasteiger partial charge in [0.15, 0.2) is 5.13 Å². The number of hydrogen-bond donors (Lipinski definition) is 3. The van der Waals surface area contributed by atoms with Crippen molar-refractivity contribution in [3.63, 3.8) is 0 Å². The standard InChI is InChI=1S/C14H16Cl2N4O3S2/c1-25(22,23)18-5-4-10-8-24-14(19-10)20-13(21)17-7-9-2-3-11(15)12(16)6-9/h2-3,6,8,18H,4-5,7H2,1H3,(H2,17,19,20,21). The molecule has 3 N–H and O–H groups in total. The van der Waals surface area contributed by atoms with Crippen molar-refractivity contribution in [1.82, 2.24) is 15.0 Å². The molecule has 0 saturated heterocycles. The van der Waals surface area contributed by atoms with E-state index in [1.54, 1.807) is 23.6 Å². The molecule has 25 heavy (non-hydrogen) atoms. The lowest BCUT2D eigenvalue weighted by atomic mass is 10.2. The third-order valence-electron chi connectivity index (χ3n) is 2.95. The lowest BCUT2D eigenvalue weighted by molar-refractivity contribution is 0.251. The van der Waals surface area contributed by atoms with Gasteiger partial charge in [-0.05, 0) is 17.7 Å². The van der Waals surface area contributed by atoms with E-state index in [1.165, 1.54) is 11.3 Å². The Bertz CT molecular complexity index is 856. The summed E-state index contributed by atoms with van der Waals surface area (Å²) < 4.78 is 24.4. The Hall–Kier alpha value is -1.39. The van der Waals surface area contributed by atoms with E-state index < -0.39 is 16.1 Å². The monoisotopic (exact) mass is 422 g/mol. The molecule has 0 radical (unpaired) electrons. The maximum Gasteiger partial charge on any atom is 0.321 e. The van der Waals surface area contributed by atoms with Crippen LogP contribution in [-0.2, 0) is 23.0 Å².